The van der Waals surface area contributed by atoms with Gasteiger partial charge in [0, 0.05) is 12.6 Å². The number of ether oxygens (including phenoxy) is 1. The molecule has 2 aromatic heterocycles. The number of hydrogen-bond donors (Lipinski definition) is 0. The molecule has 0 aliphatic rings. The molecule has 0 atom stereocenters. The minimum atomic E-state index is -0.289. The van der Waals surface area contributed by atoms with Gasteiger partial charge in [0.25, 0.3) is 0 Å². The summed E-state index contributed by atoms with van der Waals surface area (Å²) < 4.78 is 25.6. The number of aromatic nitrogens is 5. The van der Waals surface area contributed by atoms with Crippen LogP contribution in [0, 0.1) is 5.82 Å². The van der Waals surface area contributed by atoms with Crippen molar-refractivity contribution >= 4 is 11.8 Å². The summed E-state index contributed by atoms with van der Waals surface area (Å²) >= 11 is 1.43. The third kappa shape index (κ3) is 3.61. The zero-order valence-electron chi connectivity index (χ0n) is 15.2. The van der Waals surface area contributed by atoms with Crippen molar-refractivity contribution in [1.82, 2.24) is 24.9 Å². The molecule has 28 heavy (non-hydrogen) atoms. The number of nitrogens with zero attached hydrogens (tertiary/aromatic N) is 5. The third-order valence-electron chi connectivity index (χ3n) is 4.08. The van der Waals surface area contributed by atoms with Gasteiger partial charge in [0.2, 0.25) is 11.7 Å². The summed E-state index contributed by atoms with van der Waals surface area (Å²) in [5.41, 5.74) is 1.56. The molecular weight excluding hydrogens is 381 g/mol. The van der Waals surface area contributed by atoms with Gasteiger partial charge in [0.15, 0.2) is 11.0 Å². The number of methoxy groups -OCH3 is 1. The topological polar surface area (TPSA) is 78.9 Å². The van der Waals surface area contributed by atoms with E-state index in [2.05, 4.69) is 20.3 Å². The van der Waals surface area contributed by atoms with Crippen molar-refractivity contribution in [1.29, 1.82) is 0 Å². The lowest BCUT2D eigenvalue weighted by molar-refractivity contribution is 0.390. The fourth-order valence-electron chi connectivity index (χ4n) is 2.67. The molecule has 2 aromatic carbocycles. The van der Waals surface area contributed by atoms with Crippen molar-refractivity contribution in [2.75, 3.05) is 7.11 Å². The second kappa shape index (κ2) is 7.81. The SMILES string of the molecule is COc1ccccc1-c1noc(CSc2nnc(-c3ccc(F)cc3)n2C)n1. The zero-order valence-corrected chi connectivity index (χ0v) is 16.0. The molecule has 0 unspecified atom stereocenters. The number of hydrogen-bond acceptors (Lipinski definition) is 7. The van der Waals surface area contributed by atoms with Crippen LogP contribution in [0.2, 0.25) is 0 Å². The van der Waals surface area contributed by atoms with Crippen molar-refractivity contribution in [3.8, 4) is 28.5 Å². The third-order valence-corrected chi connectivity index (χ3v) is 5.08. The summed E-state index contributed by atoms with van der Waals surface area (Å²) in [6.07, 6.45) is 0. The first kappa shape index (κ1) is 18.2. The van der Waals surface area contributed by atoms with E-state index >= 15 is 0 Å². The van der Waals surface area contributed by atoms with Crippen LogP contribution in [0.3, 0.4) is 0 Å². The van der Waals surface area contributed by atoms with Gasteiger partial charge in [-0.1, -0.05) is 29.1 Å². The molecule has 0 fully saturated rings. The number of para-hydroxylation sites is 1. The van der Waals surface area contributed by atoms with Crippen LogP contribution in [-0.2, 0) is 12.8 Å². The van der Waals surface area contributed by atoms with E-state index in [1.165, 1.54) is 23.9 Å². The minimum absolute atomic E-state index is 0.289. The van der Waals surface area contributed by atoms with Gasteiger partial charge in [-0.25, -0.2) is 4.39 Å². The van der Waals surface area contributed by atoms with E-state index in [0.717, 1.165) is 11.1 Å². The summed E-state index contributed by atoms with van der Waals surface area (Å²) in [6.45, 7) is 0. The number of halogens is 1. The van der Waals surface area contributed by atoms with Crippen molar-refractivity contribution in [3.05, 3.63) is 60.2 Å². The van der Waals surface area contributed by atoms with Crippen LogP contribution in [-0.4, -0.2) is 32.0 Å². The molecule has 142 valence electrons. The van der Waals surface area contributed by atoms with Crippen LogP contribution in [0.15, 0.2) is 58.2 Å². The van der Waals surface area contributed by atoms with Crippen LogP contribution in [0.25, 0.3) is 22.8 Å². The summed E-state index contributed by atoms with van der Waals surface area (Å²) in [4.78, 5) is 4.43. The molecule has 0 saturated heterocycles. The second-order valence-corrected chi connectivity index (χ2v) is 6.82. The largest absolute Gasteiger partial charge is 0.496 e. The van der Waals surface area contributed by atoms with E-state index in [-0.39, 0.29) is 5.82 Å². The standard InChI is InChI=1S/C19H16FN5O2S/c1-25-18(12-7-9-13(20)10-8-12)22-23-19(25)28-11-16-21-17(24-27-16)14-5-3-4-6-15(14)26-2/h3-10H,11H2,1-2H3. The Kier molecular flexibility index (Phi) is 5.07. The van der Waals surface area contributed by atoms with Crippen LogP contribution in [0.4, 0.5) is 4.39 Å². The fraction of sp³-hybridized carbons (Fsp3) is 0.158. The lowest BCUT2D eigenvalue weighted by atomic mass is 10.2. The molecule has 0 spiro atoms. The molecule has 0 saturated carbocycles. The van der Waals surface area contributed by atoms with Crippen LogP contribution in [0.5, 0.6) is 5.75 Å². The Labute approximate surface area is 164 Å². The zero-order chi connectivity index (χ0) is 19.5. The molecule has 0 bridgehead atoms. The molecule has 0 aliphatic carbocycles. The quantitative estimate of drug-likeness (QED) is 0.456. The highest BCUT2D eigenvalue weighted by molar-refractivity contribution is 7.98. The lowest BCUT2D eigenvalue weighted by Gasteiger charge is -2.03. The number of benzene rings is 2. The first-order valence-corrected chi connectivity index (χ1v) is 9.38. The summed E-state index contributed by atoms with van der Waals surface area (Å²) in [5.74, 6) is 2.43. The van der Waals surface area contributed by atoms with Crippen molar-refractivity contribution in [2.24, 2.45) is 7.05 Å². The summed E-state index contributed by atoms with van der Waals surface area (Å²) in [5, 5.41) is 13.1. The molecular formula is C19H16FN5O2S. The Bertz CT molecular complexity index is 1090. The van der Waals surface area contributed by atoms with Gasteiger partial charge in [-0.2, -0.15) is 4.98 Å². The first-order chi connectivity index (χ1) is 13.7. The smallest absolute Gasteiger partial charge is 0.237 e. The summed E-state index contributed by atoms with van der Waals surface area (Å²) in [7, 11) is 3.46. The number of rotatable bonds is 6. The predicted molar refractivity (Wildman–Crippen MR) is 102 cm³/mol. The first-order valence-electron chi connectivity index (χ1n) is 8.40. The van der Waals surface area contributed by atoms with Gasteiger partial charge >= 0.3 is 0 Å². The van der Waals surface area contributed by atoms with Crippen LogP contribution in [0.1, 0.15) is 5.89 Å². The van der Waals surface area contributed by atoms with E-state index in [1.54, 1.807) is 19.2 Å². The monoisotopic (exact) mass is 397 g/mol. The highest BCUT2D eigenvalue weighted by Gasteiger charge is 2.15. The number of thioether (sulfide) groups is 1. The Balaban J connectivity index is 1.49. The fourth-order valence-corrected chi connectivity index (χ4v) is 3.42. The highest BCUT2D eigenvalue weighted by atomic mass is 32.2. The average molecular weight is 397 g/mol. The van der Waals surface area contributed by atoms with E-state index in [4.69, 9.17) is 9.26 Å². The van der Waals surface area contributed by atoms with Gasteiger partial charge in [0.05, 0.1) is 18.4 Å². The van der Waals surface area contributed by atoms with Crippen molar-refractivity contribution in [3.63, 3.8) is 0 Å². The molecule has 9 heteroatoms. The highest BCUT2D eigenvalue weighted by Crippen LogP contribution is 2.29. The van der Waals surface area contributed by atoms with Gasteiger partial charge in [-0.15, -0.1) is 10.2 Å². The lowest BCUT2D eigenvalue weighted by Crippen LogP contribution is -1.95. The van der Waals surface area contributed by atoms with Crippen LogP contribution < -0.4 is 4.74 Å². The van der Waals surface area contributed by atoms with Gasteiger partial charge in [-0.3, -0.25) is 0 Å². The minimum Gasteiger partial charge on any atom is -0.496 e. The van der Waals surface area contributed by atoms with Gasteiger partial charge in [-0.05, 0) is 36.4 Å². The van der Waals surface area contributed by atoms with Gasteiger partial charge in [0.1, 0.15) is 11.6 Å². The van der Waals surface area contributed by atoms with Gasteiger partial charge < -0.3 is 13.8 Å². The Morgan fingerprint density at radius 2 is 1.89 bits per heavy atom. The Morgan fingerprint density at radius 3 is 2.68 bits per heavy atom. The molecule has 4 aromatic rings. The van der Waals surface area contributed by atoms with E-state index < -0.39 is 0 Å². The predicted octanol–water partition coefficient (Wildman–Crippen LogP) is 3.97. The maximum Gasteiger partial charge on any atom is 0.237 e. The molecule has 0 amide bonds. The summed E-state index contributed by atoms with van der Waals surface area (Å²) in [6, 6.07) is 13.6. The van der Waals surface area contributed by atoms with E-state index in [1.807, 2.05) is 35.9 Å². The molecule has 4 rings (SSSR count). The van der Waals surface area contributed by atoms with E-state index in [0.29, 0.717) is 34.2 Å². The Hall–Kier alpha value is -3.20. The Morgan fingerprint density at radius 1 is 1.11 bits per heavy atom. The maximum absolute atomic E-state index is 13.1. The molecule has 0 N–H and O–H groups in total. The van der Waals surface area contributed by atoms with Crippen LogP contribution >= 0.6 is 11.8 Å². The molecule has 0 aliphatic heterocycles. The molecule has 2 heterocycles. The van der Waals surface area contributed by atoms with E-state index in [9.17, 15) is 4.39 Å². The van der Waals surface area contributed by atoms with Crippen molar-refractivity contribution in [2.45, 2.75) is 10.9 Å². The molecule has 7 nitrogen and oxygen atoms in total. The second-order valence-electron chi connectivity index (χ2n) is 5.87. The molecule has 0 radical (unpaired) electrons. The normalized spacial score (nSPS) is 11.0. The van der Waals surface area contributed by atoms with Crippen molar-refractivity contribution < 1.29 is 13.7 Å². The maximum atomic E-state index is 13.1. The average Bonchev–Trinajstić information content (AvgIpc) is 3.34.